The van der Waals surface area contributed by atoms with Gasteiger partial charge in [-0.3, -0.25) is 0 Å². The van der Waals surface area contributed by atoms with E-state index in [1.54, 1.807) is 6.92 Å². The SMILES string of the molecule is CCOC(=O)c1[nH]c(C)c(S(=O)(=O)NCC(F)(F)F)c1C. The molecule has 0 fully saturated rings. The maximum absolute atomic E-state index is 12.1. The topological polar surface area (TPSA) is 88.3 Å². The molecule has 21 heavy (non-hydrogen) atoms. The Morgan fingerprint density at radius 1 is 1.33 bits per heavy atom. The molecule has 0 saturated heterocycles. The first-order valence-electron chi connectivity index (χ1n) is 5.92. The molecule has 10 heteroatoms. The molecule has 0 amide bonds. The van der Waals surface area contributed by atoms with E-state index in [4.69, 9.17) is 4.74 Å². The number of aromatic amines is 1. The van der Waals surface area contributed by atoms with Crippen LogP contribution in [0.1, 0.15) is 28.7 Å². The lowest BCUT2D eigenvalue weighted by atomic mass is 10.2. The van der Waals surface area contributed by atoms with Gasteiger partial charge in [-0.15, -0.1) is 0 Å². The summed E-state index contributed by atoms with van der Waals surface area (Å²) in [5, 5.41) is 0. The molecular formula is C11H15F3N2O4S. The molecule has 1 aromatic rings. The van der Waals surface area contributed by atoms with Crippen LogP contribution in [0.5, 0.6) is 0 Å². The minimum atomic E-state index is -4.67. The first kappa shape index (κ1) is 17.5. The molecule has 1 rings (SSSR count). The molecule has 0 aliphatic rings. The molecule has 6 nitrogen and oxygen atoms in total. The van der Waals surface area contributed by atoms with Gasteiger partial charge < -0.3 is 9.72 Å². The molecule has 0 saturated carbocycles. The van der Waals surface area contributed by atoms with Crippen LogP contribution in [0.2, 0.25) is 0 Å². The van der Waals surface area contributed by atoms with Gasteiger partial charge in [0.05, 0.1) is 6.61 Å². The Morgan fingerprint density at radius 3 is 2.38 bits per heavy atom. The number of esters is 1. The van der Waals surface area contributed by atoms with Crippen LogP contribution in [0.15, 0.2) is 4.90 Å². The van der Waals surface area contributed by atoms with Crippen LogP contribution in [0.4, 0.5) is 13.2 Å². The largest absolute Gasteiger partial charge is 0.461 e. The van der Waals surface area contributed by atoms with Crippen molar-refractivity contribution in [3.8, 4) is 0 Å². The molecule has 0 aliphatic heterocycles. The highest BCUT2D eigenvalue weighted by molar-refractivity contribution is 7.89. The first-order chi connectivity index (χ1) is 9.49. The van der Waals surface area contributed by atoms with Crippen molar-refractivity contribution in [2.24, 2.45) is 0 Å². The van der Waals surface area contributed by atoms with Crippen molar-refractivity contribution in [2.75, 3.05) is 13.2 Å². The number of nitrogens with one attached hydrogen (secondary N) is 2. The van der Waals surface area contributed by atoms with E-state index in [-0.39, 0.29) is 28.5 Å². The minimum Gasteiger partial charge on any atom is -0.461 e. The number of carbonyl (C=O) groups excluding carboxylic acids is 1. The van der Waals surface area contributed by atoms with Gasteiger partial charge in [0.15, 0.2) is 0 Å². The van der Waals surface area contributed by atoms with E-state index < -0.39 is 28.7 Å². The van der Waals surface area contributed by atoms with E-state index in [0.717, 1.165) is 0 Å². The zero-order chi connectivity index (χ0) is 16.4. The smallest absolute Gasteiger partial charge is 0.402 e. The Kier molecular flexibility index (Phi) is 5.05. The Bertz CT molecular complexity index is 635. The molecule has 2 N–H and O–H groups in total. The maximum atomic E-state index is 12.1. The Morgan fingerprint density at radius 2 is 1.90 bits per heavy atom. The predicted octanol–water partition coefficient (Wildman–Crippen LogP) is 1.65. The van der Waals surface area contributed by atoms with Crippen LogP contribution in [0, 0.1) is 13.8 Å². The van der Waals surface area contributed by atoms with Gasteiger partial charge >= 0.3 is 12.1 Å². The fraction of sp³-hybridized carbons (Fsp3) is 0.545. The van der Waals surface area contributed by atoms with Crippen LogP contribution in [0.25, 0.3) is 0 Å². The van der Waals surface area contributed by atoms with Gasteiger partial charge in [-0.2, -0.15) is 13.2 Å². The molecule has 1 aromatic heterocycles. The van der Waals surface area contributed by atoms with Crippen LogP contribution in [-0.4, -0.2) is 38.7 Å². The normalized spacial score (nSPS) is 12.5. The predicted molar refractivity (Wildman–Crippen MR) is 67.5 cm³/mol. The number of H-pyrrole nitrogens is 1. The van der Waals surface area contributed by atoms with Crippen molar-refractivity contribution in [1.82, 2.24) is 9.71 Å². The summed E-state index contributed by atoms with van der Waals surface area (Å²) in [6.07, 6.45) is -4.67. The quantitative estimate of drug-likeness (QED) is 0.805. The van der Waals surface area contributed by atoms with E-state index in [1.165, 1.54) is 18.6 Å². The molecule has 0 bridgehead atoms. The summed E-state index contributed by atoms with van der Waals surface area (Å²) in [6.45, 7) is 2.64. The van der Waals surface area contributed by atoms with Crippen molar-refractivity contribution in [2.45, 2.75) is 31.8 Å². The summed E-state index contributed by atoms with van der Waals surface area (Å²) < 4.78 is 66.4. The molecule has 0 radical (unpaired) electrons. The van der Waals surface area contributed by atoms with Crippen molar-refractivity contribution in [3.63, 3.8) is 0 Å². The van der Waals surface area contributed by atoms with Crippen LogP contribution >= 0.6 is 0 Å². The lowest BCUT2D eigenvalue weighted by Crippen LogP contribution is -2.34. The number of sulfonamides is 1. The van der Waals surface area contributed by atoms with Gasteiger partial charge in [0.25, 0.3) is 0 Å². The molecule has 0 unspecified atom stereocenters. The summed E-state index contributed by atoms with van der Waals surface area (Å²) in [5.74, 6) is -0.768. The van der Waals surface area contributed by atoms with Gasteiger partial charge in [-0.1, -0.05) is 0 Å². The van der Waals surface area contributed by atoms with Crippen molar-refractivity contribution in [3.05, 3.63) is 17.0 Å². The number of ether oxygens (including phenoxy) is 1. The average Bonchev–Trinajstić information content (AvgIpc) is 2.62. The minimum absolute atomic E-state index is 0.0145. The summed E-state index contributed by atoms with van der Waals surface area (Å²) in [7, 11) is -4.39. The highest BCUT2D eigenvalue weighted by atomic mass is 32.2. The number of hydrogen-bond acceptors (Lipinski definition) is 4. The van der Waals surface area contributed by atoms with E-state index in [0.29, 0.717) is 0 Å². The molecule has 120 valence electrons. The second-order valence-electron chi connectivity index (χ2n) is 4.24. The summed E-state index contributed by atoms with van der Waals surface area (Å²) >= 11 is 0. The van der Waals surface area contributed by atoms with Crippen LogP contribution in [-0.2, 0) is 14.8 Å². The van der Waals surface area contributed by atoms with Crippen LogP contribution in [0.3, 0.4) is 0 Å². The summed E-state index contributed by atoms with van der Waals surface area (Å²) in [4.78, 5) is 13.8. The standard InChI is InChI=1S/C11H15F3N2O4S/c1-4-20-10(17)8-6(2)9(7(3)16-8)21(18,19)15-5-11(12,13)14/h15-16H,4-5H2,1-3H3. The molecular weight excluding hydrogens is 313 g/mol. The van der Waals surface area contributed by atoms with Gasteiger partial charge in [-0.25, -0.2) is 17.9 Å². The zero-order valence-electron chi connectivity index (χ0n) is 11.6. The lowest BCUT2D eigenvalue weighted by Gasteiger charge is -2.10. The van der Waals surface area contributed by atoms with Gasteiger partial charge in [0.1, 0.15) is 17.1 Å². The number of aryl methyl sites for hydroxylation is 1. The number of carbonyl (C=O) groups is 1. The van der Waals surface area contributed by atoms with E-state index in [9.17, 15) is 26.4 Å². The number of alkyl halides is 3. The first-order valence-corrected chi connectivity index (χ1v) is 7.40. The van der Waals surface area contributed by atoms with Gasteiger partial charge in [0, 0.05) is 11.3 Å². The summed E-state index contributed by atoms with van der Waals surface area (Å²) in [5.41, 5.74) is -0.0208. The average molecular weight is 328 g/mol. The Labute approximate surface area is 119 Å². The third-order valence-corrected chi connectivity index (χ3v) is 4.25. The van der Waals surface area contributed by atoms with Gasteiger partial charge in [-0.05, 0) is 20.8 Å². The molecule has 1 heterocycles. The lowest BCUT2D eigenvalue weighted by molar-refractivity contribution is -0.121. The number of halogens is 3. The Hall–Kier alpha value is -1.55. The second-order valence-corrected chi connectivity index (χ2v) is 5.94. The van der Waals surface area contributed by atoms with E-state index in [2.05, 4.69) is 4.98 Å². The second kappa shape index (κ2) is 6.06. The van der Waals surface area contributed by atoms with Crippen molar-refractivity contribution >= 4 is 16.0 Å². The van der Waals surface area contributed by atoms with E-state index in [1.807, 2.05) is 0 Å². The highest BCUT2D eigenvalue weighted by Crippen LogP contribution is 2.24. The highest BCUT2D eigenvalue weighted by Gasteiger charge is 2.33. The zero-order valence-corrected chi connectivity index (χ0v) is 12.4. The maximum Gasteiger partial charge on any atom is 0.402 e. The third kappa shape index (κ3) is 4.21. The monoisotopic (exact) mass is 328 g/mol. The van der Waals surface area contributed by atoms with E-state index >= 15 is 0 Å². The number of rotatable bonds is 5. The van der Waals surface area contributed by atoms with Crippen LogP contribution < -0.4 is 4.72 Å². The molecule has 0 aliphatic carbocycles. The summed E-state index contributed by atoms with van der Waals surface area (Å²) in [6, 6.07) is 0. The fourth-order valence-electron chi connectivity index (χ4n) is 1.79. The Balaban J connectivity index is 3.16. The molecule has 0 atom stereocenters. The number of aromatic nitrogens is 1. The van der Waals surface area contributed by atoms with Crippen molar-refractivity contribution < 1.29 is 31.1 Å². The fourth-order valence-corrected chi connectivity index (χ4v) is 3.25. The molecule has 0 spiro atoms. The van der Waals surface area contributed by atoms with Crippen molar-refractivity contribution in [1.29, 1.82) is 0 Å². The third-order valence-electron chi connectivity index (χ3n) is 2.58. The molecule has 0 aromatic carbocycles. The number of hydrogen-bond donors (Lipinski definition) is 2. The van der Waals surface area contributed by atoms with Gasteiger partial charge in [0.2, 0.25) is 10.0 Å².